The summed E-state index contributed by atoms with van der Waals surface area (Å²) in [6, 6.07) is 7.58. The maximum Gasteiger partial charge on any atom is 0.248 e. The van der Waals surface area contributed by atoms with Crippen molar-refractivity contribution in [2.24, 2.45) is 5.73 Å². The van der Waals surface area contributed by atoms with Crippen LogP contribution in [0.3, 0.4) is 0 Å². The largest absolute Gasteiger partial charge is 0.327 e. The quantitative estimate of drug-likeness (QED) is 0.660. The van der Waals surface area contributed by atoms with E-state index in [1.165, 1.54) is 6.08 Å². The van der Waals surface area contributed by atoms with E-state index in [0.717, 1.165) is 9.26 Å². The molecule has 1 aromatic rings. The number of hydrogen-bond donors (Lipinski definition) is 2. The first-order valence-electron chi connectivity index (χ1n) is 4.15. The van der Waals surface area contributed by atoms with E-state index in [4.69, 9.17) is 5.73 Å². The number of benzene rings is 1. The minimum atomic E-state index is -0.156. The molecule has 0 bridgehead atoms. The molecule has 74 valence electrons. The fourth-order valence-corrected chi connectivity index (χ4v) is 1.25. The number of hydrogen-bond acceptors (Lipinski definition) is 2. The van der Waals surface area contributed by atoms with Gasteiger partial charge in [0.25, 0.3) is 0 Å². The molecule has 0 aliphatic carbocycles. The Morgan fingerprint density at radius 3 is 2.64 bits per heavy atom. The van der Waals surface area contributed by atoms with Crippen molar-refractivity contribution in [1.29, 1.82) is 0 Å². The number of carbonyl (C=O) groups excluding carboxylic acids is 1. The van der Waals surface area contributed by atoms with Gasteiger partial charge in [0.1, 0.15) is 0 Å². The Labute approximate surface area is 96.5 Å². The van der Waals surface area contributed by atoms with Gasteiger partial charge in [-0.15, -0.1) is 0 Å². The summed E-state index contributed by atoms with van der Waals surface area (Å²) in [5.41, 5.74) is 6.01. The second-order valence-electron chi connectivity index (χ2n) is 2.63. The summed E-state index contributed by atoms with van der Waals surface area (Å²) in [5, 5.41) is 2.72. The van der Waals surface area contributed by atoms with Crippen molar-refractivity contribution in [2.45, 2.75) is 0 Å². The molecular weight excluding hydrogens is 291 g/mol. The zero-order valence-electron chi connectivity index (χ0n) is 7.53. The van der Waals surface area contributed by atoms with Gasteiger partial charge in [-0.2, -0.15) is 0 Å². The number of nitrogens with two attached hydrogens (primary N) is 1. The van der Waals surface area contributed by atoms with E-state index in [1.54, 1.807) is 6.08 Å². The lowest BCUT2D eigenvalue weighted by Gasteiger charge is -2.01. The molecule has 4 heteroatoms. The molecule has 0 aromatic heterocycles. The summed E-state index contributed by atoms with van der Waals surface area (Å²) >= 11 is 2.21. The van der Waals surface area contributed by atoms with Crippen LogP contribution < -0.4 is 11.1 Å². The highest BCUT2D eigenvalue weighted by Crippen LogP contribution is 2.10. The summed E-state index contributed by atoms with van der Waals surface area (Å²) in [6.07, 6.45) is 3.04. The molecule has 0 saturated carbocycles. The van der Waals surface area contributed by atoms with Crippen molar-refractivity contribution >= 4 is 34.2 Å². The van der Waals surface area contributed by atoms with E-state index in [2.05, 4.69) is 27.9 Å². The normalized spacial score (nSPS) is 10.4. The van der Waals surface area contributed by atoms with Crippen molar-refractivity contribution < 1.29 is 4.79 Å². The Morgan fingerprint density at radius 2 is 2.07 bits per heavy atom. The molecule has 0 atom stereocenters. The molecule has 0 aliphatic heterocycles. The summed E-state index contributed by atoms with van der Waals surface area (Å²) in [6.45, 7) is 0.375. The molecule has 3 N–H and O–H groups in total. The predicted molar refractivity (Wildman–Crippen MR) is 66.0 cm³/mol. The Bertz CT molecular complexity index is 332. The van der Waals surface area contributed by atoms with Gasteiger partial charge in [-0.05, 0) is 46.9 Å². The van der Waals surface area contributed by atoms with Crippen molar-refractivity contribution in [3.63, 3.8) is 0 Å². The van der Waals surface area contributed by atoms with Gasteiger partial charge in [0.2, 0.25) is 5.91 Å². The van der Waals surface area contributed by atoms with Crippen molar-refractivity contribution in [1.82, 2.24) is 0 Å². The van der Waals surface area contributed by atoms with Crippen LogP contribution in [-0.2, 0) is 4.79 Å². The number of nitrogens with one attached hydrogen (secondary N) is 1. The van der Waals surface area contributed by atoms with Crippen LogP contribution in [0.4, 0.5) is 5.69 Å². The summed E-state index contributed by atoms with van der Waals surface area (Å²) in [7, 11) is 0. The smallest absolute Gasteiger partial charge is 0.248 e. The molecule has 3 nitrogen and oxygen atoms in total. The highest BCUT2D eigenvalue weighted by atomic mass is 127. The molecule has 0 radical (unpaired) electrons. The average molecular weight is 302 g/mol. The van der Waals surface area contributed by atoms with Gasteiger partial charge >= 0.3 is 0 Å². The fourth-order valence-electron chi connectivity index (χ4n) is 0.892. The van der Waals surface area contributed by atoms with Crippen molar-refractivity contribution in [3.8, 4) is 0 Å². The molecule has 0 saturated heterocycles. The van der Waals surface area contributed by atoms with Crippen LogP contribution in [0.5, 0.6) is 0 Å². The van der Waals surface area contributed by atoms with Gasteiger partial charge in [0.15, 0.2) is 0 Å². The molecule has 0 aliphatic rings. The molecule has 0 heterocycles. The molecule has 1 amide bonds. The van der Waals surface area contributed by atoms with Crippen LogP contribution in [0.1, 0.15) is 0 Å². The van der Waals surface area contributed by atoms with Crippen LogP contribution in [0.25, 0.3) is 0 Å². The predicted octanol–water partition coefficient (Wildman–Crippen LogP) is 1.74. The highest BCUT2D eigenvalue weighted by molar-refractivity contribution is 14.1. The van der Waals surface area contributed by atoms with Crippen LogP contribution in [0, 0.1) is 3.57 Å². The van der Waals surface area contributed by atoms with Crippen LogP contribution >= 0.6 is 22.6 Å². The third kappa shape index (κ3) is 3.89. The monoisotopic (exact) mass is 302 g/mol. The minimum Gasteiger partial charge on any atom is -0.327 e. The first-order chi connectivity index (χ1) is 6.72. The van der Waals surface area contributed by atoms with E-state index in [9.17, 15) is 4.79 Å². The Morgan fingerprint density at radius 1 is 1.43 bits per heavy atom. The SMILES string of the molecule is NC/C=C/C(=O)Nc1ccc(I)cc1. The summed E-state index contributed by atoms with van der Waals surface area (Å²) in [5.74, 6) is -0.156. The Hall–Kier alpha value is -0.880. The van der Waals surface area contributed by atoms with Gasteiger partial charge in [-0.1, -0.05) is 6.08 Å². The highest BCUT2D eigenvalue weighted by Gasteiger charge is 1.96. The Kier molecular flexibility index (Phi) is 4.61. The summed E-state index contributed by atoms with van der Waals surface area (Å²) in [4.78, 5) is 11.2. The zero-order chi connectivity index (χ0) is 10.4. The number of rotatable bonds is 3. The third-order valence-corrected chi connectivity index (χ3v) is 2.24. The lowest BCUT2D eigenvalue weighted by molar-refractivity contribution is -0.111. The zero-order valence-corrected chi connectivity index (χ0v) is 9.69. The van der Waals surface area contributed by atoms with Gasteiger partial charge in [-0.25, -0.2) is 0 Å². The van der Waals surface area contributed by atoms with Gasteiger partial charge < -0.3 is 11.1 Å². The Balaban J connectivity index is 2.56. The second-order valence-corrected chi connectivity index (χ2v) is 3.88. The molecular formula is C10H11IN2O. The van der Waals surface area contributed by atoms with Crippen LogP contribution in [0.15, 0.2) is 36.4 Å². The first-order valence-corrected chi connectivity index (χ1v) is 5.23. The third-order valence-electron chi connectivity index (χ3n) is 1.52. The van der Waals surface area contributed by atoms with E-state index < -0.39 is 0 Å². The molecule has 0 spiro atoms. The van der Waals surface area contributed by atoms with E-state index in [0.29, 0.717) is 6.54 Å². The summed E-state index contributed by atoms with van der Waals surface area (Å²) < 4.78 is 1.14. The minimum absolute atomic E-state index is 0.156. The lowest BCUT2D eigenvalue weighted by atomic mass is 10.3. The molecule has 0 unspecified atom stereocenters. The second kappa shape index (κ2) is 5.77. The van der Waals surface area contributed by atoms with E-state index in [1.807, 2.05) is 24.3 Å². The van der Waals surface area contributed by atoms with Crippen LogP contribution in [0.2, 0.25) is 0 Å². The first kappa shape index (κ1) is 11.2. The number of halogens is 1. The standard InChI is InChI=1S/C10H11IN2O/c11-8-3-5-9(6-4-8)13-10(14)2-1-7-12/h1-6H,7,12H2,(H,13,14)/b2-1+. The van der Waals surface area contributed by atoms with Gasteiger partial charge in [0.05, 0.1) is 0 Å². The molecule has 1 rings (SSSR count). The van der Waals surface area contributed by atoms with E-state index >= 15 is 0 Å². The van der Waals surface area contributed by atoms with E-state index in [-0.39, 0.29) is 5.91 Å². The van der Waals surface area contributed by atoms with Gasteiger partial charge in [-0.3, -0.25) is 4.79 Å². The number of anilines is 1. The average Bonchev–Trinajstić information content (AvgIpc) is 2.18. The topological polar surface area (TPSA) is 55.1 Å². The van der Waals surface area contributed by atoms with Gasteiger partial charge in [0, 0.05) is 21.9 Å². The lowest BCUT2D eigenvalue weighted by Crippen LogP contribution is -2.08. The van der Waals surface area contributed by atoms with Crippen LogP contribution in [-0.4, -0.2) is 12.5 Å². The van der Waals surface area contributed by atoms with Crippen molar-refractivity contribution in [3.05, 3.63) is 40.0 Å². The number of carbonyl (C=O) groups is 1. The van der Waals surface area contributed by atoms with Crippen molar-refractivity contribution in [2.75, 3.05) is 11.9 Å². The maximum atomic E-state index is 11.2. The number of amides is 1. The molecule has 1 aromatic carbocycles. The maximum absolute atomic E-state index is 11.2. The fraction of sp³-hybridized carbons (Fsp3) is 0.100. The molecule has 0 fully saturated rings. The molecule has 14 heavy (non-hydrogen) atoms.